The first-order valence-electron chi connectivity index (χ1n) is 8.12. The van der Waals surface area contributed by atoms with Crippen LogP contribution in [0.3, 0.4) is 0 Å². The van der Waals surface area contributed by atoms with Crippen LogP contribution in [0.4, 0.5) is 5.69 Å². The van der Waals surface area contributed by atoms with Crippen LogP contribution in [-0.2, 0) is 11.4 Å². The van der Waals surface area contributed by atoms with Gasteiger partial charge >= 0.3 is 0 Å². The van der Waals surface area contributed by atoms with Crippen LogP contribution < -0.4 is 0 Å². The number of rotatable bonds is 6. The number of nitro benzene ring substituents is 1. The molecule has 8 heteroatoms. The zero-order valence-electron chi connectivity index (χ0n) is 14.1. The summed E-state index contributed by atoms with van der Waals surface area (Å²) in [6, 6.07) is 16.1. The van der Waals surface area contributed by atoms with Crippen molar-refractivity contribution < 1.29 is 9.76 Å². The molecule has 27 heavy (non-hydrogen) atoms. The fourth-order valence-corrected chi connectivity index (χ4v) is 3.37. The maximum atomic E-state index is 10.7. The number of nitrogens with zero attached hydrogens (tertiary/aromatic N) is 4. The minimum absolute atomic E-state index is 0.0499. The summed E-state index contributed by atoms with van der Waals surface area (Å²) in [7, 11) is 0. The van der Waals surface area contributed by atoms with Gasteiger partial charge in [0.1, 0.15) is 6.61 Å². The fraction of sp³-hybridized carbons (Fsp3) is 0.0526. The molecule has 4 aromatic rings. The van der Waals surface area contributed by atoms with Crippen LogP contribution in [0.1, 0.15) is 11.3 Å². The van der Waals surface area contributed by atoms with Gasteiger partial charge in [-0.15, -0.1) is 11.3 Å². The van der Waals surface area contributed by atoms with E-state index in [1.165, 1.54) is 12.1 Å². The minimum Gasteiger partial charge on any atom is -0.391 e. The fourth-order valence-electron chi connectivity index (χ4n) is 2.65. The van der Waals surface area contributed by atoms with Crippen LogP contribution in [0, 0.1) is 10.1 Å². The molecule has 0 amide bonds. The van der Waals surface area contributed by atoms with E-state index in [9.17, 15) is 10.1 Å². The Bertz CT molecular complexity index is 1100. The van der Waals surface area contributed by atoms with Gasteiger partial charge in [-0.3, -0.25) is 14.5 Å². The molecule has 0 atom stereocenters. The predicted octanol–water partition coefficient (Wildman–Crippen LogP) is 4.52. The van der Waals surface area contributed by atoms with Gasteiger partial charge in [0, 0.05) is 29.3 Å². The molecule has 2 aromatic carbocycles. The van der Waals surface area contributed by atoms with Crippen molar-refractivity contribution in [2.75, 3.05) is 0 Å². The van der Waals surface area contributed by atoms with Crippen LogP contribution in [0.15, 0.2) is 71.3 Å². The third-order valence-corrected chi connectivity index (χ3v) is 4.73. The lowest BCUT2D eigenvalue weighted by Crippen LogP contribution is -1.94. The topological polar surface area (TPSA) is 82.0 Å². The summed E-state index contributed by atoms with van der Waals surface area (Å²) >= 11 is 1.55. The summed E-state index contributed by atoms with van der Waals surface area (Å²) in [5.41, 5.74) is 3.53. The number of benzene rings is 2. The van der Waals surface area contributed by atoms with Crippen molar-refractivity contribution >= 4 is 28.2 Å². The summed E-state index contributed by atoms with van der Waals surface area (Å²) in [5, 5.41) is 16.7. The van der Waals surface area contributed by atoms with Crippen LogP contribution in [-0.4, -0.2) is 20.5 Å². The van der Waals surface area contributed by atoms with Crippen molar-refractivity contribution in [1.29, 1.82) is 0 Å². The average Bonchev–Trinajstić information content (AvgIpc) is 3.28. The molecule has 0 saturated heterocycles. The van der Waals surface area contributed by atoms with E-state index in [4.69, 9.17) is 4.84 Å². The molecule has 0 unspecified atom stereocenters. The van der Waals surface area contributed by atoms with Crippen molar-refractivity contribution in [3.05, 3.63) is 87.5 Å². The lowest BCUT2D eigenvalue weighted by molar-refractivity contribution is -0.384. The molecule has 0 fully saturated rings. The molecule has 0 radical (unpaired) electrons. The normalized spacial score (nSPS) is 11.3. The maximum Gasteiger partial charge on any atom is 0.269 e. The van der Waals surface area contributed by atoms with Crippen LogP contribution in [0.25, 0.3) is 16.2 Å². The van der Waals surface area contributed by atoms with E-state index in [1.54, 1.807) is 29.7 Å². The van der Waals surface area contributed by atoms with Gasteiger partial charge in [0.15, 0.2) is 4.96 Å². The summed E-state index contributed by atoms with van der Waals surface area (Å²) < 4.78 is 1.96. The van der Waals surface area contributed by atoms with E-state index in [2.05, 4.69) is 10.1 Å². The van der Waals surface area contributed by atoms with Crippen molar-refractivity contribution in [3.63, 3.8) is 0 Å². The van der Waals surface area contributed by atoms with E-state index in [-0.39, 0.29) is 12.3 Å². The highest BCUT2D eigenvalue weighted by Crippen LogP contribution is 2.25. The van der Waals surface area contributed by atoms with E-state index >= 15 is 0 Å². The van der Waals surface area contributed by atoms with Gasteiger partial charge < -0.3 is 4.84 Å². The van der Waals surface area contributed by atoms with Gasteiger partial charge in [-0.25, -0.2) is 4.98 Å². The van der Waals surface area contributed by atoms with Gasteiger partial charge in [-0.1, -0.05) is 35.5 Å². The second-order valence-electron chi connectivity index (χ2n) is 5.70. The van der Waals surface area contributed by atoms with Crippen LogP contribution in [0.2, 0.25) is 0 Å². The highest BCUT2D eigenvalue weighted by Gasteiger charge is 2.13. The highest BCUT2D eigenvalue weighted by atomic mass is 32.1. The lowest BCUT2D eigenvalue weighted by atomic mass is 10.1. The van der Waals surface area contributed by atoms with Gasteiger partial charge in [-0.2, -0.15) is 0 Å². The quantitative estimate of drug-likeness (QED) is 0.281. The Balaban J connectivity index is 1.52. The van der Waals surface area contributed by atoms with Crippen molar-refractivity contribution in [1.82, 2.24) is 9.38 Å². The molecule has 0 aliphatic heterocycles. The smallest absolute Gasteiger partial charge is 0.269 e. The Hall–Kier alpha value is -3.52. The first-order chi connectivity index (χ1) is 13.2. The van der Waals surface area contributed by atoms with Crippen molar-refractivity contribution in [3.8, 4) is 11.3 Å². The van der Waals surface area contributed by atoms with Gasteiger partial charge in [0.05, 0.1) is 22.5 Å². The summed E-state index contributed by atoms with van der Waals surface area (Å²) in [4.78, 5) is 21.2. The molecular formula is C19H14N4O3S. The highest BCUT2D eigenvalue weighted by molar-refractivity contribution is 7.15. The van der Waals surface area contributed by atoms with Crippen LogP contribution >= 0.6 is 11.3 Å². The van der Waals surface area contributed by atoms with Crippen molar-refractivity contribution in [2.45, 2.75) is 6.61 Å². The number of oxime groups is 1. The Kier molecular flexibility index (Phi) is 4.63. The first kappa shape index (κ1) is 16.9. The first-order valence-corrected chi connectivity index (χ1v) is 9.00. The molecule has 4 rings (SSSR count). The number of non-ortho nitro benzene ring substituents is 1. The van der Waals surface area contributed by atoms with E-state index < -0.39 is 4.92 Å². The molecule has 0 saturated carbocycles. The zero-order chi connectivity index (χ0) is 18.6. The van der Waals surface area contributed by atoms with Gasteiger partial charge in [0.25, 0.3) is 5.69 Å². The molecule has 2 heterocycles. The van der Waals surface area contributed by atoms with Crippen LogP contribution in [0.5, 0.6) is 0 Å². The Morgan fingerprint density at radius 1 is 1.19 bits per heavy atom. The summed E-state index contributed by atoms with van der Waals surface area (Å²) in [6.07, 6.45) is 3.58. The molecule has 0 aliphatic rings. The zero-order valence-corrected chi connectivity index (χ0v) is 14.9. The SMILES string of the molecule is O=[N+]([O-])c1ccc(CON=Cc2c(-c3ccccc3)nc3sccn23)cc1. The molecule has 134 valence electrons. The number of hydrogen-bond donors (Lipinski definition) is 0. The van der Waals surface area contributed by atoms with E-state index in [0.717, 1.165) is 27.5 Å². The Labute approximate surface area is 158 Å². The van der Waals surface area contributed by atoms with Gasteiger partial charge in [-0.05, 0) is 17.7 Å². The predicted molar refractivity (Wildman–Crippen MR) is 104 cm³/mol. The van der Waals surface area contributed by atoms with Crippen molar-refractivity contribution in [2.24, 2.45) is 5.16 Å². The standard InChI is InChI=1S/C19H14N4O3S/c24-23(25)16-8-6-14(7-9-16)13-26-20-12-17-18(15-4-2-1-3-5-15)21-19-22(17)10-11-27-19/h1-12H,13H2. The monoisotopic (exact) mass is 378 g/mol. The van der Waals surface area contributed by atoms with E-state index in [0.29, 0.717) is 0 Å². The number of hydrogen-bond acceptors (Lipinski definition) is 6. The van der Waals surface area contributed by atoms with Gasteiger partial charge in [0.2, 0.25) is 0 Å². The largest absolute Gasteiger partial charge is 0.391 e. The molecule has 2 aromatic heterocycles. The third-order valence-electron chi connectivity index (χ3n) is 3.97. The molecule has 0 spiro atoms. The number of nitro groups is 1. The maximum absolute atomic E-state index is 10.7. The second-order valence-corrected chi connectivity index (χ2v) is 6.57. The third kappa shape index (κ3) is 3.56. The number of fused-ring (bicyclic) bond motifs is 1. The average molecular weight is 378 g/mol. The molecule has 0 N–H and O–H groups in total. The Morgan fingerprint density at radius 3 is 2.70 bits per heavy atom. The summed E-state index contributed by atoms with van der Waals surface area (Å²) in [5.74, 6) is 0. The molecule has 7 nitrogen and oxygen atoms in total. The summed E-state index contributed by atoms with van der Waals surface area (Å²) in [6.45, 7) is 0.223. The second kappa shape index (κ2) is 7.38. The molecular weight excluding hydrogens is 364 g/mol. The lowest BCUT2D eigenvalue weighted by Gasteiger charge is -2.01. The number of thiazole rings is 1. The minimum atomic E-state index is -0.431. The van der Waals surface area contributed by atoms with E-state index in [1.807, 2.05) is 46.3 Å². The number of imidazole rings is 1. The molecule has 0 aliphatic carbocycles. The number of aromatic nitrogens is 2. The Morgan fingerprint density at radius 2 is 1.96 bits per heavy atom. The molecule has 0 bridgehead atoms.